The van der Waals surface area contributed by atoms with Gasteiger partial charge in [0.25, 0.3) is 0 Å². The number of para-hydroxylation sites is 1. The molecule has 0 radical (unpaired) electrons. The van der Waals surface area contributed by atoms with E-state index in [4.69, 9.17) is 4.74 Å². The minimum Gasteiger partial charge on any atom is -0.455 e. The zero-order valence-corrected chi connectivity index (χ0v) is 13.1. The summed E-state index contributed by atoms with van der Waals surface area (Å²) in [4.78, 5) is 4.55. The predicted molar refractivity (Wildman–Crippen MR) is 86.6 cm³/mol. The van der Waals surface area contributed by atoms with Crippen LogP contribution in [-0.4, -0.2) is 10.1 Å². The van der Waals surface area contributed by atoms with Crippen LogP contribution in [-0.2, 0) is 6.61 Å². The molecule has 0 amide bonds. The second-order valence-electron chi connectivity index (χ2n) is 4.79. The number of aromatic nitrogens is 1. The van der Waals surface area contributed by atoms with Gasteiger partial charge in [0.1, 0.15) is 11.3 Å². The second kappa shape index (κ2) is 5.84. The molecule has 3 nitrogen and oxygen atoms in total. The number of benzene rings is 2. The van der Waals surface area contributed by atoms with Gasteiger partial charge in [-0.1, -0.05) is 40.2 Å². The Morgan fingerprint density at radius 2 is 2.00 bits per heavy atom. The van der Waals surface area contributed by atoms with Crippen molar-refractivity contribution in [2.75, 3.05) is 0 Å². The molecule has 0 bridgehead atoms. The molecular formula is C17H14BrNO2. The van der Waals surface area contributed by atoms with Gasteiger partial charge >= 0.3 is 0 Å². The first-order valence-electron chi connectivity index (χ1n) is 6.61. The fourth-order valence-corrected chi connectivity index (χ4v) is 2.63. The Hall–Kier alpha value is -1.91. The van der Waals surface area contributed by atoms with E-state index in [9.17, 15) is 5.11 Å². The SMILES string of the molecule is Cc1ccc2cccc(Oc3ccc(CO)c(Br)c3)c2n1. The summed E-state index contributed by atoms with van der Waals surface area (Å²) in [5.74, 6) is 1.43. The zero-order valence-electron chi connectivity index (χ0n) is 11.5. The smallest absolute Gasteiger partial charge is 0.153 e. The first-order chi connectivity index (χ1) is 10.2. The number of aliphatic hydroxyl groups excluding tert-OH is 1. The van der Waals surface area contributed by atoms with Crippen LogP contribution in [0, 0.1) is 6.92 Å². The maximum atomic E-state index is 9.19. The molecule has 0 spiro atoms. The van der Waals surface area contributed by atoms with E-state index < -0.39 is 0 Å². The molecule has 3 rings (SSSR count). The molecule has 0 fully saturated rings. The molecule has 4 heteroatoms. The summed E-state index contributed by atoms with van der Waals surface area (Å²) in [7, 11) is 0. The molecule has 0 saturated carbocycles. The summed E-state index contributed by atoms with van der Waals surface area (Å²) < 4.78 is 6.78. The molecule has 3 aromatic rings. The standard InChI is InChI=1S/C17H14BrNO2/c1-11-5-6-12-3-2-4-16(17(12)19-11)21-14-8-7-13(10-20)15(18)9-14/h2-9,20H,10H2,1H3. The zero-order chi connectivity index (χ0) is 14.8. The van der Waals surface area contributed by atoms with Crippen molar-refractivity contribution in [1.82, 2.24) is 4.98 Å². The second-order valence-corrected chi connectivity index (χ2v) is 5.65. The highest BCUT2D eigenvalue weighted by atomic mass is 79.9. The van der Waals surface area contributed by atoms with Crippen LogP contribution in [0.15, 0.2) is 53.0 Å². The third-order valence-electron chi connectivity index (χ3n) is 3.25. The molecule has 1 heterocycles. The molecule has 106 valence electrons. The Bertz CT molecular complexity index is 802. The van der Waals surface area contributed by atoms with Crippen molar-refractivity contribution in [3.8, 4) is 11.5 Å². The van der Waals surface area contributed by atoms with Crippen LogP contribution >= 0.6 is 15.9 Å². The van der Waals surface area contributed by atoms with Gasteiger partial charge in [-0.05, 0) is 36.8 Å². The first-order valence-corrected chi connectivity index (χ1v) is 7.40. The molecule has 1 aromatic heterocycles. The molecule has 0 aliphatic rings. The van der Waals surface area contributed by atoms with Crippen molar-refractivity contribution in [2.24, 2.45) is 0 Å². The Balaban J connectivity index is 2.01. The lowest BCUT2D eigenvalue weighted by Gasteiger charge is -2.10. The van der Waals surface area contributed by atoms with E-state index in [2.05, 4.69) is 20.9 Å². The fourth-order valence-electron chi connectivity index (χ4n) is 2.15. The molecule has 0 atom stereocenters. The quantitative estimate of drug-likeness (QED) is 0.756. The summed E-state index contributed by atoms with van der Waals surface area (Å²) in [6, 6.07) is 15.4. The Morgan fingerprint density at radius 3 is 2.76 bits per heavy atom. The molecule has 1 N–H and O–H groups in total. The monoisotopic (exact) mass is 343 g/mol. The van der Waals surface area contributed by atoms with Crippen molar-refractivity contribution >= 4 is 26.8 Å². The lowest BCUT2D eigenvalue weighted by molar-refractivity contribution is 0.281. The van der Waals surface area contributed by atoms with E-state index in [0.29, 0.717) is 5.75 Å². The Morgan fingerprint density at radius 1 is 1.14 bits per heavy atom. The number of hydrogen-bond donors (Lipinski definition) is 1. The van der Waals surface area contributed by atoms with E-state index in [-0.39, 0.29) is 6.61 Å². The van der Waals surface area contributed by atoms with Gasteiger partial charge in [-0.15, -0.1) is 0 Å². The van der Waals surface area contributed by atoms with Crippen molar-refractivity contribution < 1.29 is 9.84 Å². The van der Waals surface area contributed by atoms with Crippen LogP contribution < -0.4 is 4.74 Å². The summed E-state index contributed by atoms with van der Waals surface area (Å²) in [5, 5.41) is 10.2. The normalized spacial score (nSPS) is 10.8. The summed E-state index contributed by atoms with van der Waals surface area (Å²) in [6.07, 6.45) is 0. The van der Waals surface area contributed by atoms with Gasteiger partial charge in [-0.25, -0.2) is 4.98 Å². The predicted octanol–water partition coefficient (Wildman–Crippen LogP) is 4.59. The van der Waals surface area contributed by atoms with E-state index in [1.165, 1.54) is 0 Å². The summed E-state index contributed by atoms with van der Waals surface area (Å²) in [5.41, 5.74) is 2.63. The van der Waals surface area contributed by atoms with E-state index in [0.717, 1.165) is 32.4 Å². The molecule has 0 aliphatic carbocycles. The summed E-state index contributed by atoms with van der Waals surface area (Å²) in [6.45, 7) is 1.96. The number of rotatable bonds is 3. The fraction of sp³-hybridized carbons (Fsp3) is 0.118. The van der Waals surface area contributed by atoms with Gasteiger partial charge < -0.3 is 9.84 Å². The van der Waals surface area contributed by atoms with Crippen LogP contribution in [0.2, 0.25) is 0 Å². The van der Waals surface area contributed by atoms with E-state index in [1.807, 2.05) is 55.5 Å². The van der Waals surface area contributed by atoms with E-state index >= 15 is 0 Å². The number of halogens is 1. The molecule has 0 unspecified atom stereocenters. The van der Waals surface area contributed by atoms with Gasteiger partial charge in [0.05, 0.1) is 6.61 Å². The third-order valence-corrected chi connectivity index (χ3v) is 3.98. The largest absolute Gasteiger partial charge is 0.455 e. The lowest BCUT2D eigenvalue weighted by Crippen LogP contribution is -1.91. The Labute approximate surface area is 131 Å². The number of hydrogen-bond acceptors (Lipinski definition) is 3. The van der Waals surface area contributed by atoms with Gasteiger partial charge in [0, 0.05) is 15.6 Å². The first kappa shape index (κ1) is 14.0. The van der Waals surface area contributed by atoms with Gasteiger partial charge in [0.15, 0.2) is 5.75 Å². The number of pyridine rings is 1. The van der Waals surface area contributed by atoms with Crippen LogP contribution in [0.1, 0.15) is 11.3 Å². The molecular weight excluding hydrogens is 330 g/mol. The third kappa shape index (κ3) is 2.91. The van der Waals surface area contributed by atoms with Crippen LogP contribution in [0.5, 0.6) is 11.5 Å². The number of fused-ring (bicyclic) bond motifs is 1. The number of aryl methyl sites for hydroxylation is 1. The average Bonchev–Trinajstić information content (AvgIpc) is 2.48. The van der Waals surface area contributed by atoms with E-state index in [1.54, 1.807) is 0 Å². The maximum Gasteiger partial charge on any atom is 0.153 e. The van der Waals surface area contributed by atoms with Crippen molar-refractivity contribution in [3.63, 3.8) is 0 Å². The van der Waals surface area contributed by atoms with Gasteiger partial charge in [0.2, 0.25) is 0 Å². The van der Waals surface area contributed by atoms with Crippen molar-refractivity contribution in [3.05, 3.63) is 64.3 Å². The number of ether oxygens (including phenoxy) is 1. The van der Waals surface area contributed by atoms with Crippen molar-refractivity contribution in [2.45, 2.75) is 13.5 Å². The molecule has 2 aromatic carbocycles. The topological polar surface area (TPSA) is 42.4 Å². The van der Waals surface area contributed by atoms with Crippen LogP contribution in [0.4, 0.5) is 0 Å². The van der Waals surface area contributed by atoms with Gasteiger partial charge in [-0.3, -0.25) is 0 Å². The maximum absolute atomic E-state index is 9.19. The summed E-state index contributed by atoms with van der Waals surface area (Å²) >= 11 is 3.43. The Kier molecular flexibility index (Phi) is 3.90. The highest BCUT2D eigenvalue weighted by Gasteiger charge is 2.07. The lowest BCUT2D eigenvalue weighted by atomic mass is 10.2. The molecule has 0 aliphatic heterocycles. The highest BCUT2D eigenvalue weighted by Crippen LogP contribution is 2.31. The van der Waals surface area contributed by atoms with Crippen LogP contribution in [0.3, 0.4) is 0 Å². The molecule has 0 saturated heterocycles. The minimum absolute atomic E-state index is 0.00409. The number of nitrogens with zero attached hydrogens (tertiary/aromatic N) is 1. The highest BCUT2D eigenvalue weighted by molar-refractivity contribution is 9.10. The number of aliphatic hydroxyl groups is 1. The van der Waals surface area contributed by atoms with Crippen LogP contribution in [0.25, 0.3) is 10.9 Å². The van der Waals surface area contributed by atoms with Crippen molar-refractivity contribution in [1.29, 1.82) is 0 Å². The minimum atomic E-state index is -0.00409. The average molecular weight is 344 g/mol. The molecule has 21 heavy (non-hydrogen) atoms. The van der Waals surface area contributed by atoms with Gasteiger partial charge in [-0.2, -0.15) is 0 Å².